The number of esters is 4. The van der Waals surface area contributed by atoms with E-state index in [4.69, 9.17) is 57.5 Å². The molecule has 4 atom stereocenters. The number of methoxy groups -OCH3 is 4. The normalized spacial score (nSPS) is 9.08. The summed E-state index contributed by atoms with van der Waals surface area (Å²) in [4.78, 5) is 154. The van der Waals surface area contributed by atoms with Gasteiger partial charge in [-0.15, -0.1) is 47.4 Å². The molecule has 0 aromatic rings. The maximum Gasteiger partial charge on any atom is 2.00 e. The van der Waals surface area contributed by atoms with Crippen LogP contribution in [0.15, 0.2) is 20.0 Å². The molecule has 0 bridgehead atoms. The van der Waals surface area contributed by atoms with Gasteiger partial charge in [-0.2, -0.15) is 0 Å². The van der Waals surface area contributed by atoms with Crippen LogP contribution in [0.4, 0.5) is 0 Å². The number of nitrogens with zero attached hydrogens (tertiary/aromatic N) is 4. The van der Waals surface area contributed by atoms with Gasteiger partial charge < -0.3 is 96.9 Å². The third-order valence-electron chi connectivity index (χ3n) is 5.13. The van der Waals surface area contributed by atoms with Crippen LogP contribution < -0.4 is 20.4 Å². The smallest absolute Gasteiger partial charge is 0.862 e. The Morgan fingerprint density at radius 3 is 0.487 bits per heavy atom. The van der Waals surface area contributed by atoms with Gasteiger partial charge >= 0.3 is 57.4 Å². The quantitative estimate of drug-likeness (QED) is 0.0606. The fourth-order valence-electron chi connectivity index (χ4n) is 2.94. The van der Waals surface area contributed by atoms with Crippen LogP contribution >= 0.6 is 0 Å². The van der Waals surface area contributed by atoms with Crippen molar-refractivity contribution in [1.82, 2.24) is 0 Å². The molecule has 0 saturated heterocycles. The Morgan fingerprint density at radius 2 is 0.423 bits per heavy atom. The number of rotatable bonds is 12. The molecule has 0 rings (SSSR count). The van der Waals surface area contributed by atoms with Crippen molar-refractivity contribution in [3.8, 4) is 47.4 Å². The Balaban J connectivity index is -0.0000000336. The van der Waals surface area contributed by atoms with Gasteiger partial charge in [-0.3, -0.25) is 20.0 Å². The van der Waals surface area contributed by atoms with Crippen molar-refractivity contribution in [2.75, 3.05) is 28.4 Å². The average molecular weight is 1210 g/mol. The Morgan fingerprint density at radius 1 is 0.321 bits per heavy atom. The fourth-order valence-corrected chi connectivity index (χ4v) is 2.94. The van der Waals surface area contributed by atoms with Gasteiger partial charge in [-0.25, -0.2) is 19.2 Å². The molecule has 30 heteroatoms. The Labute approximate surface area is 477 Å². The van der Waals surface area contributed by atoms with Gasteiger partial charge in [0.05, 0.1) is 28.4 Å². The van der Waals surface area contributed by atoms with Gasteiger partial charge in [0, 0.05) is 25.7 Å². The van der Waals surface area contributed by atoms with Crippen molar-refractivity contribution >= 4 is 129 Å². The van der Waals surface area contributed by atoms with Gasteiger partial charge in [-0.05, 0) is 79.0 Å². The fraction of sp³-hybridized carbons (Fsp3) is 0.417. The minimum Gasteiger partial charge on any atom is -0.862 e. The minimum absolute atomic E-state index is 0. The van der Waals surface area contributed by atoms with E-state index in [1.165, 1.54) is 56.1 Å². The van der Waals surface area contributed by atoms with Gasteiger partial charge in [0.25, 0.3) is 0 Å². The van der Waals surface area contributed by atoms with Crippen molar-refractivity contribution in [3.05, 3.63) is 0 Å². The zero-order valence-electron chi connectivity index (χ0n) is 45.9. The molecule has 0 spiro atoms. The summed E-state index contributed by atoms with van der Waals surface area (Å²) < 4.78 is 17.8. The third-order valence-corrected chi connectivity index (χ3v) is 5.13. The van der Waals surface area contributed by atoms with Crippen LogP contribution in [-0.2, 0) is 129 Å². The minimum atomic E-state index is -0.782. The molecule has 0 aromatic heterocycles. The van der Waals surface area contributed by atoms with E-state index >= 15 is 0 Å². The molecule has 0 unspecified atom stereocenters. The van der Waals surface area contributed by atoms with Crippen LogP contribution in [-0.4, -0.2) is 182 Å². The van der Waals surface area contributed by atoms with Crippen molar-refractivity contribution in [3.63, 3.8) is 0 Å². The van der Waals surface area contributed by atoms with E-state index in [0.717, 1.165) is 0 Å². The summed E-state index contributed by atoms with van der Waals surface area (Å²) in [5.41, 5.74) is 0. The van der Waals surface area contributed by atoms with E-state index < -0.39 is 71.6 Å². The maximum atomic E-state index is 11.0. The summed E-state index contributed by atoms with van der Waals surface area (Å²) in [7, 11) is 5.02. The van der Waals surface area contributed by atoms with E-state index in [1.807, 2.05) is 81.5 Å². The monoisotopic (exact) mass is 1210 g/mol. The first kappa shape index (κ1) is 123. The molecule has 446 valence electrons. The van der Waals surface area contributed by atoms with E-state index in [0.29, 0.717) is 0 Å². The molecule has 0 aliphatic carbocycles. The molecule has 28 nitrogen and oxygen atoms in total. The van der Waals surface area contributed by atoms with E-state index in [9.17, 15) is 39.6 Å². The molecule has 0 aromatic carbocycles. The summed E-state index contributed by atoms with van der Waals surface area (Å²) in [5.74, 6) is 17.5. The van der Waals surface area contributed by atoms with E-state index in [-0.39, 0.29) is 59.2 Å². The van der Waals surface area contributed by atoms with E-state index in [2.05, 4.69) is 86.3 Å². The summed E-state index contributed by atoms with van der Waals surface area (Å²) in [6.45, 7) is 35.8. The van der Waals surface area contributed by atoms with Gasteiger partial charge in [0.1, 0.15) is 81.5 Å². The zero-order chi connectivity index (χ0) is 65.1. The summed E-state index contributed by atoms with van der Waals surface area (Å²) in [6.07, 6.45) is 0.900. The van der Waals surface area contributed by atoms with Crippen LogP contribution in [0.25, 0.3) is 0 Å². The summed E-state index contributed by atoms with van der Waals surface area (Å²) >= 11 is 0. The van der Waals surface area contributed by atoms with Crippen molar-refractivity contribution < 1.29 is 150 Å². The molecule has 0 amide bonds. The second kappa shape index (κ2) is 138. The topological polar surface area (TPSA) is 452 Å². The number of aliphatic imine (C=N–C) groups is 4. The molecule has 0 aliphatic rings. The standard InChI is InChI=1S/4C9H13NO3.12CH2O.2Co/c4*1-4-5-6-8(9(12)13-3)10-7(2)11;12*1-2;;/h4*8H,6H2,1-3H3,(H,10,11);12*1H2;;/q;;;;;;;;;;;;;;;;2*+2/p-4/t4*8-;;;;;;;;;;;;;;/m0000............../s1. The number of hydrogen-bond acceptors (Lipinski definition) is 28. The van der Waals surface area contributed by atoms with Gasteiger partial charge in [0.15, 0.2) is 24.2 Å². The Hall–Kier alpha value is -8.95. The second-order valence-electron chi connectivity index (χ2n) is 9.27. The van der Waals surface area contributed by atoms with Gasteiger partial charge in [-0.1, -0.05) is 0 Å². The summed E-state index contributed by atoms with van der Waals surface area (Å²) in [5, 5.41) is 42.5. The Kier molecular flexibility index (Phi) is 217. The number of carbonyl (C=O) groups is 16. The Bertz CT molecular complexity index is 1450. The molecular formula is C48H72Co2N4O24. The zero-order valence-corrected chi connectivity index (χ0v) is 48.0. The summed E-state index contributed by atoms with van der Waals surface area (Å²) in [6, 6.07) is -3.13. The van der Waals surface area contributed by atoms with Crippen LogP contribution in [0, 0.1) is 47.4 Å². The number of carbonyl (C=O) groups excluding carboxylic acids is 16. The first-order valence-electron chi connectivity index (χ1n) is 18.7. The molecule has 0 aliphatic heterocycles. The van der Waals surface area contributed by atoms with Crippen LogP contribution in [0.2, 0.25) is 0 Å². The molecule has 2 radical (unpaired) electrons. The van der Waals surface area contributed by atoms with Crippen molar-refractivity contribution in [2.24, 2.45) is 20.0 Å². The molecule has 0 N–H and O–H groups in total. The predicted octanol–water partition coefficient (Wildman–Crippen LogP) is -3.34. The van der Waals surface area contributed by atoms with Gasteiger partial charge in [0.2, 0.25) is 0 Å². The maximum absolute atomic E-state index is 11.0. The molecule has 0 heterocycles. The third kappa shape index (κ3) is 132. The SMILES string of the molecule is C=O.C=O.C=O.C=O.C=O.C=O.C=O.C=O.C=O.C=O.C=O.C=O.CC#CC[C@H](N=C(C)[O-])C(=O)OC.CC#CC[C@H](N=C(C)[O-])C(=O)OC.CC#CC[C@H](N=C(C)[O-])C(=O)OC.CC#CC[C@H](N=C(C)[O-])C(=O)OC.[Co+2].[Co+2]. The van der Waals surface area contributed by atoms with Crippen molar-refractivity contribution in [2.45, 2.75) is 105 Å². The van der Waals surface area contributed by atoms with Crippen LogP contribution in [0.3, 0.4) is 0 Å². The molecular weight excluding hydrogens is 1130 g/mol. The second-order valence-corrected chi connectivity index (χ2v) is 9.27. The average Bonchev–Trinajstić information content (AvgIpc) is 3.48. The van der Waals surface area contributed by atoms with Crippen LogP contribution in [0.1, 0.15) is 81.1 Å². The molecule has 0 saturated carbocycles. The first-order chi connectivity index (χ1) is 36.5. The van der Waals surface area contributed by atoms with E-state index in [1.54, 1.807) is 27.7 Å². The van der Waals surface area contributed by atoms with Crippen LogP contribution in [0.5, 0.6) is 0 Å². The molecule has 0 fully saturated rings. The number of hydrogen-bond donors (Lipinski definition) is 0. The number of ether oxygens (including phenoxy) is 4. The first-order valence-corrected chi connectivity index (χ1v) is 18.7. The molecule has 78 heavy (non-hydrogen) atoms. The van der Waals surface area contributed by atoms with Crippen molar-refractivity contribution in [1.29, 1.82) is 0 Å². The predicted molar refractivity (Wildman–Crippen MR) is 273 cm³/mol. The largest absolute Gasteiger partial charge is 2.00 e.